The molecular formula is C15H23N3O. The van der Waals surface area contributed by atoms with Gasteiger partial charge in [-0.2, -0.15) is 0 Å². The minimum atomic E-state index is 0.0434. The lowest BCUT2D eigenvalue weighted by Crippen LogP contribution is -2.41. The van der Waals surface area contributed by atoms with Crippen molar-refractivity contribution in [3.8, 4) is 0 Å². The van der Waals surface area contributed by atoms with Crippen LogP contribution in [-0.2, 0) is 11.2 Å². The Bertz CT molecular complexity index is 433. The van der Waals surface area contributed by atoms with E-state index >= 15 is 0 Å². The highest BCUT2D eigenvalue weighted by Crippen LogP contribution is 2.24. The number of likely N-dealkylation sites (N-methyl/N-ethyl adjacent to an activating group) is 1. The minimum absolute atomic E-state index is 0.0434. The molecule has 104 valence electrons. The number of nitrogens with zero attached hydrogens (tertiary/aromatic N) is 1. The molecule has 4 nitrogen and oxygen atoms in total. The summed E-state index contributed by atoms with van der Waals surface area (Å²) in [6, 6.07) is 8.20. The largest absolute Gasteiger partial charge is 0.384 e. The van der Waals surface area contributed by atoms with E-state index in [0.29, 0.717) is 0 Å². The minimum Gasteiger partial charge on any atom is -0.384 e. The first kappa shape index (κ1) is 13.9. The number of para-hydroxylation sites is 1. The van der Waals surface area contributed by atoms with Gasteiger partial charge in [0.05, 0.1) is 5.92 Å². The van der Waals surface area contributed by atoms with Crippen molar-refractivity contribution in [2.24, 2.45) is 5.92 Å². The molecule has 0 bridgehead atoms. The zero-order valence-corrected chi connectivity index (χ0v) is 11.8. The molecule has 1 atom stereocenters. The number of rotatable bonds is 5. The van der Waals surface area contributed by atoms with Crippen molar-refractivity contribution in [2.75, 3.05) is 38.5 Å². The van der Waals surface area contributed by atoms with E-state index in [0.717, 1.165) is 38.3 Å². The molecule has 1 aromatic carbocycles. The molecule has 19 heavy (non-hydrogen) atoms. The number of hydrogen-bond acceptors (Lipinski definition) is 3. The second-order valence-corrected chi connectivity index (χ2v) is 5.13. The van der Waals surface area contributed by atoms with Crippen LogP contribution in [0.4, 0.5) is 5.69 Å². The third-order valence-electron chi connectivity index (χ3n) is 3.73. The number of anilines is 1. The summed E-state index contributed by atoms with van der Waals surface area (Å²) in [6.45, 7) is 5.48. The van der Waals surface area contributed by atoms with E-state index in [1.165, 1.54) is 5.56 Å². The highest BCUT2D eigenvalue weighted by molar-refractivity contribution is 5.80. The average molecular weight is 261 g/mol. The van der Waals surface area contributed by atoms with Crippen molar-refractivity contribution < 1.29 is 4.79 Å². The third kappa shape index (κ3) is 3.70. The van der Waals surface area contributed by atoms with Gasteiger partial charge in [0.2, 0.25) is 5.91 Å². The first-order chi connectivity index (χ1) is 9.20. The van der Waals surface area contributed by atoms with E-state index in [2.05, 4.69) is 41.6 Å². The van der Waals surface area contributed by atoms with Crippen LogP contribution in [0, 0.1) is 5.92 Å². The van der Waals surface area contributed by atoms with Gasteiger partial charge in [-0.15, -0.1) is 0 Å². The first-order valence-electron chi connectivity index (χ1n) is 6.98. The van der Waals surface area contributed by atoms with Gasteiger partial charge in [-0.05, 0) is 31.6 Å². The Labute approximate surface area is 115 Å². The van der Waals surface area contributed by atoms with Crippen molar-refractivity contribution in [2.45, 2.75) is 13.3 Å². The summed E-state index contributed by atoms with van der Waals surface area (Å²) < 4.78 is 0. The Morgan fingerprint density at radius 1 is 1.47 bits per heavy atom. The normalized spacial score (nSPS) is 17.7. The maximum atomic E-state index is 12.1. The van der Waals surface area contributed by atoms with Gasteiger partial charge >= 0.3 is 0 Å². The van der Waals surface area contributed by atoms with Crippen LogP contribution in [0.25, 0.3) is 0 Å². The van der Waals surface area contributed by atoms with Gasteiger partial charge in [0.1, 0.15) is 0 Å². The predicted octanol–water partition coefficient (Wildman–Crippen LogP) is 1.34. The molecule has 0 aliphatic carbocycles. The van der Waals surface area contributed by atoms with Crippen LogP contribution < -0.4 is 10.6 Å². The van der Waals surface area contributed by atoms with Gasteiger partial charge < -0.3 is 15.5 Å². The van der Waals surface area contributed by atoms with E-state index in [-0.39, 0.29) is 11.8 Å². The second kappa shape index (κ2) is 6.57. The molecule has 0 saturated carbocycles. The fourth-order valence-corrected chi connectivity index (χ4v) is 2.30. The van der Waals surface area contributed by atoms with Gasteiger partial charge in [-0.3, -0.25) is 4.79 Å². The number of nitrogens with one attached hydrogen (secondary N) is 2. The van der Waals surface area contributed by atoms with Gasteiger partial charge in [-0.1, -0.05) is 25.1 Å². The summed E-state index contributed by atoms with van der Waals surface area (Å²) in [7, 11) is 2.06. The van der Waals surface area contributed by atoms with Crippen molar-refractivity contribution in [3.05, 3.63) is 29.8 Å². The van der Waals surface area contributed by atoms with Crippen molar-refractivity contribution >= 4 is 11.6 Å². The van der Waals surface area contributed by atoms with Gasteiger partial charge in [-0.25, -0.2) is 0 Å². The summed E-state index contributed by atoms with van der Waals surface area (Å²) in [6.07, 6.45) is 0.832. The predicted molar refractivity (Wildman–Crippen MR) is 78.3 cm³/mol. The smallest absolute Gasteiger partial charge is 0.225 e. The molecule has 2 rings (SSSR count). The Balaban J connectivity index is 1.82. The molecule has 1 aliphatic rings. The zero-order valence-electron chi connectivity index (χ0n) is 11.8. The highest BCUT2D eigenvalue weighted by Gasteiger charge is 2.23. The molecule has 2 N–H and O–H groups in total. The molecule has 0 fully saturated rings. The van der Waals surface area contributed by atoms with E-state index in [9.17, 15) is 4.79 Å². The second-order valence-electron chi connectivity index (χ2n) is 5.13. The van der Waals surface area contributed by atoms with E-state index in [1.54, 1.807) is 0 Å². The summed E-state index contributed by atoms with van der Waals surface area (Å²) in [5, 5.41) is 6.36. The maximum absolute atomic E-state index is 12.1. The molecule has 0 saturated heterocycles. The molecule has 4 heteroatoms. The van der Waals surface area contributed by atoms with Crippen molar-refractivity contribution in [3.63, 3.8) is 0 Å². The van der Waals surface area contributed by atoms with Gasteiger partial charge in [0, 0.05) is 25.3 Å². The molecule has 1 heterocycles. The summed E-state index contributed by atoms with van der Waals surface area (Å²) in [5.41, 5.74) is 2.40. The third-order valence-corrected chi connectivity index (χ3v) is 3.73. The molecular weight excluding hydrogens is 238 g/mol. The van der Waals surface area contributed by atoms with Crippen LogP contribution in [0.5, 0.6) is 0 Å². The standard InChI is InChI=1S/C15H23N3O/c1-3-18(2)9-8-16-15(19)13-10-12-6-4-5-7-14(12)17-11-13/h4-7,13,17H,3,8-11H2,1-2H3,(H,16,19). The van der Waals surface area contributed by atoms with Gasteiger partial charge in [0.25, 0.3) is 0 Å². The number of benzene rings is 1. The molecule has 0 aromatic heterocycles. The average Bonchev–Trinajstić information content (AvgIpc) is 2.46. The molecule has 1 unspecified atom stereocenters. The van der Waals surface area contributed by atoms with Crippen LogP contribution in [0.1, 0.15) is 12.5 Å². The van der Waals surface area contributed by atoms with E-state index in [1.807, 2.05) is 12.1 Å². The number of amides is 1. The van der Waals surface area contributed by atoms with E-state index in [4.69, 9.17) is 0 Å². The fourth-order valence-electron chi connectivity index (χ4n) is 2.30. The monoisotopic (exact) mass is 261 g/mol. The Morgan fingerprint density at radius 2 is 2.26 bits per heavy atom. The quantitative estimate of drug-likeness (QED) is 0.840. The Kier molecular flexibility index (Phi) is 4.80. The number of hydrogen-bond donors (Lipinski definition) is 2. The topological polar surface area (TPSA) is 44.4 Å². The molecule has 0 spiro atoms. The zero-order chi connectivity index (χ0) is 13.7. The van der Waals surface area contributed by atoms with Crippen LogP contribution in [-0.4, -0.2) is 44.0 Å². The first-order valence-corrected chi connectivity index (χ1v) is 6.98. The number of carbonyl (C=O) groups excluding carboxylic acids is 1. The van der Waals surface area contributed by atoms with Crippen LogP contribution in [0.2, 0.25) is 0 Å². The van der Waals surface area contributed by atoms with E-state index < -0.39 is 0 Å². The Morgan fingerprint density at radius 3 is 3.05 bits per heavy atom. The van der Waals surface area contributed by atoms with Gasteiger partial charge in [0.15, 0.2) is 0 Å². The lowest BCUT2D eigenvalue weighted by molar-refractivity contribution is -0.124. The van der Waals surface area contributed by atoms with Crippen LogP contribution in [0.15, 0.2) is 24.3 Å². The summed E-state index contributed by atoms with van der Waals surface area (Å²) in [5.74, 6) is 0.202. The van der Waals surface area contributed by atoms with Crippen molar-refractivity contribution in [1.82, 2.24) is 10.2 Å². The Hall–Kier alpha value is -1.55. The lowest BCUT2D eigenvalue weighted by atomic mass is 9.93. The van der Waals surface area contributed by atoms with Crippen molar-refractivity contribution in [1.29, 1.82) is 0 Å². The fraction of sp³-hybridized carbons (Fsp3) is 0.533. The van der Waals surface area contributed by atoms with Crippen LogP contribution in [0.3, 0.4) is 0 Å². The molecule has 1 aromatic rings. The summed E-state index contributed by atoms with van der Waals surface area (Å²) in [4.78, 5) is 14.3. The number of fused-ring (bicyclic) bond motifs is 1. The summed E-state index contributed by atoms with van der Waals surface area (Å²) >= 11 is 0. The molecule has 0 radical (unpaired) electrons. The SMILES string of the molecule is CCN(C)CCNC(=O)C1CNc2ccccc2C1. The number of carbonyl (C=O) groups is 1. The molecule has 1 amide bonds. The lowest BCUT2D eigenvalue weighted by Gasteiger charge is -2.25. The maximum Gasteiger partial charge on any atom is 0.225 e. The molecule has 1 aliphatic heterocycles. The van der Waals surface area contributed by atoms with Crippen LogP contribution >= 0.6 is 0 Å². The highest BCUT2D eigenvalue weighted by atomic mass is 16.1.